The topological polar surface area (TPSA) is 254 Å². The molecule has 0 aliphatic rings. The Hall–Kier alpha value is -7.13. The van der Waals surface area contributed by atoms with Crippen LogP contribution in [0.2, 0.25) is 0 Å². The molecule has 0 saturated heterocycles. The lowest BCUT2D eigenvalue weighted by Crippen LogP contribution is -2.36. The maximum atomic E-state index is 13.8. The van der Waals surface area contributed by atoms with E-state index in [1.165, 1.54) is 41.7 Å². The highest BCUT2D eigenvalue weighted by molar-refractivity contribution is 7.16. The van der Waals surface area contributed by atoms with Gasteiger partial charge in [0.15, 0.2) is 4.80 Å². The van der Waals surface area contributed by atoms with Crippen LogP contribution in [0.4, 0.5) is 5.95 Å². The monoisotopic (exact) mass is 867 g/mol. The molecular formula is C41H49N13O7S. The lowest BCUT2D eigenvalue weighted by Gasteiger charge is -2.15. The zero-order chi connectivity index (χ0) is 44.8. The minimum absolute atomic E-state index is 0.114. The molecule has 0 radical (unpaired) electrons. The number of aromatic nitrogens is 7. The maximum Gasteiger partial charge on any atom is 0.297 e. The second-order valence-corrected chi connectivity index (χ2v) is 15.1. The molecule has 0 saturated carbocycles. The van der Waals surface area contributed by atoms with Crippen molar-refractivity contribution in [3.05, 3.63) is 87.3 Å². The number of rotatable bonds is 18. The van der Waals surface area contributed by atoms with E-state index in [1.54, 1.807) is 64.6 Å². The van der Waals surface area contributed by atoms with Crippen LogP contribution in [-0.4, -0.2) is 96.0 Å². The number of nitrogens with zero attached hydrogens (tertiary/aromatic N) is 9. The van der Waals surface area contributed by atoms with Crippen LogP contribution in [0.25, 0.3) is 21.3 Å². The molecule has 20 nitrogen and oxygen atoms in total. The number of benzene rings is 2. The summed E-state index contributed by atoms with van der Waals surface area (Å²) in [6.45, 7) is 8.68. The van der Waals surface area contributed by atoms with Crippen LogP contribution in [0.15, 0.2) is 53.5 Å². The predicted octanol–water partition coefficient (Wildman–Crippen LogP) is 3.31. The second kappa shape index (κ2) is 19.1. The van der Waals surface area contributed by atoms with Crippen molar-refractivity contribution < 1.29 is 33.4 Å². The molecule has 6 rings (SSSR count). The molecular weight excluding hydrogens is 819 g/mol. The van der Waals surface area contributed by atoms with Crippen molar-refractivity contribution in [1.29, 1.82) is 0 Å². The number of ether oxygens (including phenoxy) is 2. The summed E-state index contributed by atoms with van der Waals surface area (Å²) in [6, 6.07) is 9.54. The third-order valence-corrected chi connectivity index (χ3v) is 10.9. The van der Waals surface area contributed by atoms with Crippen molar-refractivity contribution in [2.24, 2.45) is 16.5 Å². The van der Waals surface area contributed by atoms with Crippen LogP contribution < -0.4 is 36.5 Å². The van der Waals surface area contributed by atoms with Gasteiger partial charge in [0, 0.05) is 57.8 Å². The summed E-state index contributed by atoms with van der Waals surface area (Å²) >= 11 is 1.19. The summed E-state index contributed by atoms with van der Waals surface area (Å²) in [5.74, 6) is -1.71. The summed E-state index contributed by atoms with van der Waals surface area (Å²) in [5.41, 5.74) is 17.8. The van der Waals surface area contributed by atoms with Gasteiger partial charge >= 0.3 is 0 Å². The normalized spacial score (nSPS) is 11.8. The van der Waals surface area contributed by atoms with Gasteiger partial charge in [0.1, 0.15) is 33.9 Å². The van der Waals surface area contributed by atoms with E-state index in [0.717, 1.165) is 0 Å². The molecule has 326 valence electrons. The van der Waals surface area contributed by atoms with Gasteiger partial charge in [-0.15, -0.1) is 0 Å². The zero-order valence-corrected chi connectivity index (χ0v) is 36.3. The molecule has 0 spiro atoms. The van der Waals surface area contributed by atoms with Crippen molar-refractivity contribution in [3.63, 3.8) is 0 Å². The number of nitrogens with two attached hydrogens (primary N) is 2. The second-order valence-electron chi connectivity index (χ2n) is 14.1. The van der Waals surface area contributed by atoms with Gasteiger partial charge in [-0.2, -0.15) is 15.2 Å². The number of primary amides is 2. The number of nitrogens with one attached hydrogen (secondary N) is 2. The van der Waals surface area contributed by atoms with E-state index in [2.05, 4.69) is 25.9 Å². The third kappa shape index (κ3) is 9.42. The zero-order valence-electron chi connectivity index (χ0n) is 35.5. The smallest absolute Gasteiger partial charge is 0.297 e. The van der Waals surface area contributed by atoms with Gasteiger partial charge in [-0.3, -0.25) is 43.7 Å². The Labute approximate surface area is 359 Å². The Balaban J connectivity index is 1.42. The van der Waals surface area contributed by atoms with Gasteiger partial charge in [0.25, 0.3) is 11.8 Å². The van der Waals surface area contributed by atoms with E-state index in [1.807, 2.05) is 26.0 Å². The molecule has 0 unspecified atom stereocenters. The van der Waals surface area contributed by atoms with Crippen molar-refractivity contribution in [2.45, 2.75) is 66.7 Å². The number of thiazole rings is 1. The quantitative estimate of drug-likeness (QED) is 0.0554. The Morgan fingerprint density at radius 3 is 2.10 bits per heavy atom. The number of anilines is 1. The number of fused-ring (bicyclic) bond motifs is 2. The number of methoxy groups -OCH3 is 1. The van der Waals surface area contributed by atoms with Gasteiger partial charge in [0.05, 0.1) is 35.3 Å². The van der Waals surface area contributed by atoms with Crippen molar-refractivity contribution in [1.82, 2.24) is 44.1 Å². The highest BCUT2D eigenvalue weighted by Crippen LogP contribution is 2.32. The van der Waals surface area contributed by atoms with Crippen LogP contribution >= 0.6 is 11.3 Å². The van der Waals surface area contributed by atoms with Crippen molar-refractivity contribution >= 4 is 68.1 Å². The molecule has 21 heteroatoms. The number of hydrogen-bond donors (Lipinski definition) is 4. The van der Waals surface area contributed by atoms with Gasteiger partial charge in [-0.1, -0.05) is 23.5 Å². The Kier molecular flexibility index (Phi) is 13.7. The van der Waals surface area contributed by atoms with Gasteiger partial charge in [-0.05, 0) is 70.5 Å². The molecule has 62 heavy (non-hydrogen) atoms. The highest BCUT2D eigenvalue weighted by Gasteiger charge is 2.23. The fourth-order valence-corrected chi connectivity index (χ4v) is 7.87. The summed E-state index contributed by atoms with van der Waals surface area (Å²) in [6.07, 6.45) is 4.22. The first-order valence-corrected chi connectivity index (χ1v) is 20.6. The molecule has 4 heterocycles. The molecule has 0 bridgehead atoms. The number of aryl methyl sites for hydroxylation is 4. The fraction of sp³-hybridized carbons (Fsp3) is 0.341. The van der Waals surface area contributed by atoms with E-state index in [9.17, 15) is 24.0 Å². The SMILES string of the molecule is CCn1nc(C)cc1C(=O)/N=c1\sc2cc(C(N)=O)cc(OC)c2n1C/C=C/Cn1c(NC(=O)c2cc(C)nn2CC)nc2cc(C(N)=O)cc(OCCCC(=O)N(C)NC)c21. The van der Waals surface area contributed by atoms with Gasteiger partial charge in [-0.25, -0.2) is 10.4 Å². The molecule has 0 atom stereocenters. The Bertz CT molecular complexity index is 2810. The number of imidazole rings is 1. The number of hydrazine groups is 1. The molecule has 0 aliphatic heterocycles. The summed E-state index contributed by atoms with van der Waals surface area (Å²) in [4.78, 5) is 74.2. The largest absolute Gasteiger partial charge is 0.494 e. The third-order valence-electron chi connectivity index (χ3n) is 9.86. The minimum atomic E-state index is -0.711. The van der Waals surface area contributed by atoms with Gasteiger partial charge < -0.3 is 30.1 Å². The summed E-state index contributed by atoms with van der Waals surface area (Å²) in [5, 5.41) is 13.1. The van der Waals surface area contributed by atoms with Crippen molar-refractivity contribution in [2.75, 3.05) is 33.1 Å². The first-order valence-electron chi connectivity index (χ1n) is 19.7. The van der Waals surface area contributed by atoms with Gasteiger partial charge in [0.2, 0.25) is 23.7 Å². The van der Waals surface area contributed by atoms with Crippen LogP contribution in [0.5, 0.6) is 11.5 Å². The van der Waals surface area contributed by atoms with Crippen LogP contribution in [0, 0.1) is 13.8 Å². The lowest BCUT2D eigenvalue weighted by atomic mass is 10.1. The first kappa shape index (κ1) is 44.4. The lowest BCUT2D eigenvalue weighted by molar-refractivity contribution is -0.132. The van der Waals surface area contributed by atoms with E-state index >= 15 is 0 Å². The molecule has 6 aromatic rings. The predicted molar refractivity (Wildman–Crippen MR) is 232 cm³/mol. The van der Waals surface area contributed by atoms with Crippen LogP contribution in [0.1, 0.15) is 79.8 Å². The molecule has 5 amide bonds. The van der Waals surface area contributed by atoms with Crippen LogP contribution in [-0.2, 0) is 31.0 Å². The molecule has 2 aromatic carbocycles. The van der Waals surface area contributed by atoms with Crippen molar-refractivity contribution in [3.8, 4) is 11.5 Å². The molecule has 0 aliphatic carbocycles. The van der Waals surface area contributed by atoms with E-state index < -0.39 is 23.6 Å². The van der Waals surface area contributed by atoms with E-state index in [0.29, 0.717) is 74.1 Å². The number of carbonyl (C=O) groups excluding carboxylic acids is 5. The number of amides is 5. The van der Waals surface area contributed by atoms with E-state index in [-0.39, 0.29) is 54.8 Å². The highest BCUT2D eigenvalue weighted by atomic mass is 32.1. The fourth-order valence-electron chi connectivity index (χ4n) is 6.78. The minimum Gasteiger partial charge on any atom is -0.494 e. The standard InChI is InChI=1S/C41H49N13O7S/c1-8-53-28(17-23(3)48-53)38(58)46-40-45-27-19-25(36(42)56)21-31(61-16-12-13-33(55)50(6)44-5)34(27)51(40)14-10-11-15-52-35-30(60-7)20-26(37(43)57)22-32(35)62-41(52)47-39(59)29-18-24(4)49-54(29)9-2/h10-11,17-22,44H,8-9,12-16H2,1-7H3,(H2,42,56)(H2,43,57)(H,45,46,58)/b11-10+,47-41-. The number of allylic oxidation sites excluding steroid dienone is 2. The molecule has 6 N–H and O–H groups in total. The Morgan fingerprint density at radius 2 is 1.47 bits per heavy atom. The van der Waals surface area contributed by atoms with Crippen LogP contribution in [0.3, 0.4) is 0 Å². The number of carbonyl (C=O) groups is 5. The molecule has 0 fully saturated rings. The summed E-state index contributed by atoms with van der Waals surface area (Å²) in [7, 11) is 4.73. The molecule has 4 aromatic heterocycles. The van der Waals surface area contributed by atoms with E-state index in [4.69, 9.17) is 25.9 Å². The maximum absolute atomic E-state index is 13.8. The average molecular weight is 868 g/mol. The first-order chi connectivity index (χ1) is 29.7. The Morgan fingerprint density at radius 1 is 0.855 bits per heavy atom. The summed E-state index contributed by atoms with van der Waals surface area (Å²) < 4.78 is 19.2. The number of hydrogen-bond acceptors (Lipinski definition) is 12. The average Bonchev–Trinajstić information content (AvgIpc) is 4.02.